The Bertz CT molecular complexity index is 262. The maximum absolute atomic E-state index is 11.4. The SMILES string of the molecule is CO[SiH](CCCN(C[Si](C)(OC)OC)C(N)=O)OC. The normalized spacial score (nSPS) is 11.9. The van der Waals surface area contributed by atoms with Gasteiger partial charge in [0.15, 0.2) is 0 Å². The summed E-state index contributed by atoms with van der Waals surface area (Å²) in [7, 11) is 2.55. The highest BCUT2D eigenvalue weighted by Gasteiger charge is 2.33. The third-order valence-electron chi connectivity index (χ3n) is 3.05. The predicted octanol–water partition coefficient (Wildman–Crippen LogP) is 0.175. The van der Waals surface area contributed by atoms with Crippen molar-refractivity contribution >= 4 is 23.9 Å². The molecule has 0 aliphatic heterocycles. The van der Waals surface area contributed by atoms with E-state index in [0.717, 1.165) is 12.5 Å². The minimum atomic E-state index is -2.34. The lowest BCUT2D eigenvalue weighted by Crippen LogP contribution is -2.52. The third-order valence-corrected chi connectivity index (χ3v) is 7.66. The fourth-order valence-corrected chi connectivity index (χ4v) is 4.22. The van der Waals surface area contributed by atoms with E-state index in [0.29, 0.717) is 12.7 Å². The van der Waals surface area contributed by atoms with Crippen molar-refractivity contribution in [3.63, 3.8) is 0 Å². The zero-order valence-electron chi connectivity index (χ0n) is 12.5. The van der Waals surface area contributed by atoms with Gasteiger partial charge in [-0.15, -0.1) is 0 Å². The molecule has 0 saturated heterocycles. The first-order valence-corrected chi connectivity index (χ1v) is 10.4. The summed E-state index contributed by atoms with van der Waals surface area (Å²) in [6.45, 7) is 2.45. The molecule has 0 aliphatic carbocycles. The zero-order chi connectivity index (χ0) is 14.9. The molecule has 2 amide bonds. The third kappa shape index (κ3) is 7.04. The van der Waals surface area contributed by atoms with Gasteiger partial charge >= 0.3 is 23.9 Å². The minimum absolute atomic E-state index is 0.418. The zero-order valence-corrected chi connectivity index (χ0v) is 14.6. The van der Waals surface area contributed by atoms with Crippen LogP contribution in [0.1, 0.15) is 6.42 Å². The summed E-state index contributed by atoms with van der Waals surface area (Å²) in [6, 6.07) is 0.371. The Morgan fingerprint density at radius 2 is 1.74 bits per heavy atom. The number of amides is 2. The van der Waals surface area contributed by atoms with E-state index in [1.807, 2.05) is 6.55 Å². The van der Waals surface area contributed by atoms with E-state index in [2.05, 4.69) is 0 Å². The Balaban J connectivity index is 4.31. The number of nitrogens with zero attached hydrogens (tertiary/aromatic N) is 1. The number of carbonyl (C=O) groups excluding carboxylic acids is 1. The van der Waals surface area contributed by atoms with E-state index in [4.69, 9.17) is 23.4 Å². The molecule has 9 heteroatoms. The van der Waals surface area contributed by atoms with Crippen LogP contribution in [0.5, 0.6) is 0 Å². The van der Waals surface area contributed by atoms with Crippen molar-refractivity contribution in [2.45, 2.75) is 19.0 Å². The topological polar surface area (TPSA) is 83.3 Å². The molecule has 0 radical (unpaired) electrons. The average Bonchev–Trinajstić information content (AvgIpc) is 2.41. The summed E-state index contributed by atoms with van der Waals surface area (Å²) in [5.74, 6) is 0. The lowest BCUT2D eigenvalue weighted by atomic mass is 10.4. The van der Waals surface area contributed by atoms with Gasteiger partial charge in [0.05, 0.1) is 6.17 Å². The number of nitrogens with two attached hydrogens (primary N) is 1. The van der Waals surface area contributed by atoms with E-state index >= 15 is 0 Å². The molecule has 2 N–H and O–H groups in total. The van der Waals surface area contributed by atoms with E-state index in [-0.39, 0.29) is 0 Å². The van der Waals surface area contributed by atoms with Crippen LogP contribution in [-0.4, -0.2) is 69.9 Å². The van der Waals surface area contributed by atoms with Gasteiger partial charge in [-0.3, -0.25) is 0 Å². The highest BCUT2D eigenvalue weighted by molar-refractivity contribution is 6.66. The summed E-state index contributed by atoms with van der Waals surface area (Å²) in [4.78, 5) is 13.0. The standard InChI is InChI=1S/C10H26N2O5Si2/c1-14-18(15-2)8-6-7-12(10(11)13)9-19(5,16-3)17-4/h18H,6-9H2,1-5H3,(H2,11,13). The van der Waals surface area contributed by atoms with E-state index in [1.54, 1.807) is 33.3 Å². The number of rotatable bonds is 10. The minimum Gasteiger partial charge on any atom is -0.400 e. The van der Waals surface area contributed by atoms with Crippen molar-refractivity contribution in [1.82, 2.24) is 4.90 Å². The number of urea groups is 1. The van der Waals surface area contributed by atoms with Crippen molar-refractivity contribution in [3.05, 3.63) is 0 Å². The molecule has 0 aliphatic rings. The molecule has 0 heterocycles. The molecule has 19 heavy (non-hydrogen) atoms. The van der Waals surface area contributed by atoms with E-state index in [1.165, 1.54) is 0 Å². The lowest BCUT2D eigenvalue weighted by molar-refractivity contribution is 0.193. The van der Waals surface area contributed by atoms with Gasteiger partial charge in [0, 0.05) is 35.0 Å². The number of primary amides is 1. The van der Waals surface area contributed by atoms with Gasteiger partial charge in [-0.05, 0) is 19.0 Å². The van der Waals surface area contributed by atoms with Gasteiger partial charge in [0.1, 0.15) is 0 Å². The molecule has 0 fully saturated rings. The monoisotopic (exact) mass is 310 g/mol. The van der Waals surface area contributed by atoms with E-state index < -0.39 is 23.9 Å². The van der Waals surface area contributed by atoms with Crippen LogP contribution < -0.4 is 5.73 Å². The van der Waals surface area contributed by atoms with Crippen LogP contribution in [0.2, 0.25) is 12.6 Å². The summed E-state index contributed by atoms with van der Waals surface area (Å²) < 4.78 is 21.2. The van der Waals surface area contributed by atoms with Crippen LogP contribution in [0.4, 0.5) is 4.79 Å². The van der Waals surface area contributed by atoms with E-state index in [9.17, 15) is 4.79 Å². The molecule has 0 saturated carbocycles. The number of hydrogen-bond acceptors (Lipinski definition) is 5. The molecule has 7 nitrogen and oxygen atoms in total. The molecule has 0 aromatic heterocycles. The van der Waals surface area contributed by atoms with Gasteiger partial charge < -0.3 is 28.3 Å². The largest absolute Gasteiger partial charge is 0.400 e. The summed E-state index contributed by atoms with van der Waals surface area (Å²) in [5, 5.41) is 0. The Hall–Kier alpha value is -0.456. The predicted molar refractivity (Wildman–Crippen MR) is 77.4 cm³/mol. The molecule has 0 aromatic carbocycles. The van der Waals surface area contributed by atoms with Crippen LogP contribution in [-0.2, 0) is 17.7 Å². The lowest BCUT2D eigenvalue weighted by Gasteiger charge is -2.30. The first-order chi connectivity index (χ1) is 8.92. The fourth-order valence-electron chi connectivity index (χ4n) is 1.61. The Kier molecular flexibility index (Phi) is 9.22. The summed E-state index contributed by atoms with van der Waals surface area (Å²) >= 11 is 0. The molecular weight excluding hydrogens is 284 g/mol. The van der Waals surface area contributed by atoms with Crippen LogP contribution in [0.15, 0.2) is 0 Å². The number of hydrogen-bond donors (Lipinski definition) is 1. The van der Waals surface area contributed by atoms with Gasteiger partial charge in [0.2, 0.25) is 0 Å². The molecular formula is C10H26N2O5Si2. The Morgan fingerprint density at radius 1 is 1.21 bits per heavy atom. The van der Waals surface area contributed by atoms with Crippen molar-refractivity contribution in [2.24, 2.45) is 5.73 Å². The van der Waals surface area contributed by atoms with Gasteiger partial charge in [-0.2, -0.15) is 0 Å². The summed E-state index contributed by atoms with van der Waals surface area (Å²) in [5.41, 5.74) is 5.38. The van der Waals surface area contributed by atoms with Crippen LogP contribution >= 0.6 is 0 Å². The fraction of sp³-hybridized carbons (Fsp3) is 0.900. The first kappa shape index (κ1) is 18.5. The van der Waals surface area contributed by atoms with Crippen LogP contribution in [0.25, 0.3) is 0 Å². The molecule has 0 spiro atoms. The van der Waals surface area contributed by atoms with Crippen molar-refractivity contribution in [2.75, 3.05) is 41.2 Å². The van der Waals surface area contributed by atoms with Crippen LogP contribution in [0, 0.1) is 0 Å². The average molecular weight is 310 g/mol. The molecule has 0 aromatic rings. The highest BCUT2D eigenvalue weighted by atomic mass is 28.4. The molecule has 0 unspecified atom stereocenters. The van der Waals surface area contributed by atoms with Crippen LogP contribution in [0.3, 0.4) is 0 Å². The van der Waals surface area contributed by atoms with Crippen molar-refractivity contribution in [1.29, 1.82) is 0 Å². The number of carbonyl (C=O) groups is 1. The highest BCUT2D eigenvalue weighted by Crippen LogP contribution is 2.09. The molecule has 0 atom stereocenters. The Labute approximate surface area is 118 Å². The Morgan fingerprint density at radius 3 is 2.11 bits per heavy atom. The molecule has 0 rings (SSSR count). The smallest absolute Gasteiger partial charge is 0.354 e. The summed E-state index contributed by atoms with van der Waals surface area (Å²) in [6.07, 6.45) is 1.21. The van der Waals surface area contributed by atoms with Gasteiger partial charge in [-0.25, -0.2) is 4.79 Å². The van der Waals surface area contributed by atoms with Gasteiger partial charge in [0.25, 0.3) is 0 Å². The molecule has 114 valence electrons. The van der Waals surface area contributed by atoms with Gasteiger partial charge in [-0.1, -0.05) is 0 Å². The molecule has 0 bridgehead atoms. The second-order valence-electron chi connectivity index (χ2n) is 4.35. The quantitative estimate of drug-likeness (QED) is 0.582. The second-order valence-corrected chi connectivity index (χ2v) is 10.1. The maximum Gasteiger partial charge on any atom is 0.354 e. The first-order valence-electron chi connectivity index (χ1n) is 6.12. The second kappa shape index (κ2) is 9.45. The van der Waals surface area contributed by atoms with Crippen molar-refractivity contribution in [3.8, 4) is 0 Å². The maximum atomic E-state index is 11.4. The van der Waals surface area contributed by atoms with Crippen molar-refractivity contribution < 1.29 is 22.5 Å².